The Labute approximate surface area is 285 Å². The molecule has 232 valence electrons. The van der Waals surface area contributed by atoms with Gasteiger partial charge in [-0.3, -0.25) is 4.79 Å². The molecule has 0 bridgehead atoms. The van der Waals surface area contributed by atoms with Crippen molar-refractivity contribution in [3.8, 4) is 22.3 Å². The summed E-state index contributed by atoms with van der Waals surface area (Å²) >= 11 is 0. The summed E-state index contributed by atoms with van der Waals surface area (Å²) in [6.45, 7) is 7.96. The van der Waals surface area contributed by atoms with Gasteiger partial charge in [-0.25, -0.2) is 8.78 Å². The number of benzene rings is 3. The number of aliphatic carboxylic acids is 1. The van der Waals surface area contributed by atoms with Crippen LogP contribution in [0.1, 0.15) is 73.4 Å². The first kappa shape index (κ1) is 36.2. The maximum Gasteiger partial charge on any atom is 1.00 e. The van der Waals surface area contributed by atoms with Crippen LogP contribution in [0.15, 0.2) is 72.8 Å². The van der Waals surface area contributed by atoms with Crippen LogP contribution < -0.4 is 40.0 Å². The van der Waals surface area contributed by atoms with Crippen molar-refractivity contribution < 1.29 is 58.1 Å². The van der Waals surface area contributed by atoms with Crippen LogP contribution in [0.2, 0.25) is 0 Å². The normalized spacial score (nSPS) is 12.4. The van der Waals surface area contributed by atoms with E-state index in [1.165, 1.54) is 24.3 Å². The second kappa shape index (κ2) is 16.3. The average molecular weight is 625 g/mol. The van der Waals surface area contributed by atoms with E-state index in [2.05, 4.69) is 5.32 Å². The molecule has 0 unspecified atom stereocenters. The van der Waals surface area contributed by atoms with Crippen LogP contribution in [0.25, 0.3) is 22.3 Å². The number of aromatic nitrogens is 1. The molecule has 1 aromatic heterocycles. The van der Waals surface area contributed by atoms with Gasteiger partial charge in [0, 0.05) is 35.4 Å². The molecule has 45 heavy (non-hydrogen) atoms. The Hall–Kier alpha value is -3.30. The Morgan fingerprint density at radius 2 is 1.40 bits per heavy atom. The SMILES string of the molecule is Cc1ccc(CNC(=O)c2c(-c3ccc(F)cc3)c(-c3ccc(F)cc3)c(CC[C@H](O)C[C@H](C)CC(=O)[O-])n2C(C)C)cc1.[Na+]. The van der Waals surface area contributed by atoms with Gasteiger partial charge in [0.1, 0.15) is 17.3 Å². The van der Waals surface area contributed by atoms with Gasteiger partial charge in [-0.05, 0) is 93.3 Å². The number of nitrogens with one attached hydrogen (secondary N) is 1. The Morgan fingerprint density at radius 3 is 1.91 bits per heavy atom. The zero-order valence-corrected chi connectivity index (χ0v) is 28.6. The minimum atomic E-state index is -1.16. The number of aryl methyl sites for hydroxylation is 1. The number of nitrogens with zero attached hydrogens (tertiary/aromatic N) is 1. The molecule has 1 amide bonds. The van der Waals surface area contributed by atoms with E-state index in [0.717, 1.165) is 16.8 Å². The summed E-state index contributed by atoms with van der Waals surface area (Å²) in [6, 6.07) is 19.6. The van der Waals surface area contributed by atoms with Crippen LogP contribution in [0.4, 0.5) is 8.78 Å². The maximum absolute atomic E-state index is 14.1. The third-order valence-corrected chi connectivity index (χ3v) is 7.78. The van der Waals surface area contributed by atoms with E-state index in [0.29, 0.717) is 47.3 Å². The largest absolute Gasteiger partial charge is 1.00 e. The number of hydrogen-bond acceptors (Lipinski definition) is 4. The van der Waals surface area contributed by atoms with Crippen molar-refractivity contribution in [2.24, 2.45) is 5.92 Å². The van der Waals surface area contributed by atoms with Crippen molar-refractivity contribution in [3.05, 3.63) is 107 Å². The first-order valence-corrected chi connectivity index (χ1v) is 14.9. The summed E-state index contributed by atoms with van der Waals surface area (Å²) in [7, 11) is 0. The molecule has 1 heterocycles. The molecule has 0 radical (unpaired) electrons. The van der Waals surface area contributed by atoms with Crippen LogP contribution in [0.5, 0.6) is 0 Å². The van der Waals surface area contributed by atoms with Crippen LogP contribution in [-0.4, -0.2) is 27.7 Å². The number of aliphatic hydroxyl groups excluding tert-OH is 1. The molecule has 3 aromatic carbocycles. The molecule has 4 aromatic rings. The molecule has 0 saturated heterocycles. The fourth-order valence-electron chi connectivity index (χ4n) is 5.73. The smallest absolute Gasteiger partial charge is 0.550 e. The molecular formula is C36H39F2N2NaO4. The molecule has 0 aliphatic rings. The van der Waals surface area contributed by atoms with Gasteiger partial charge in [0.05, 0.1) is 6.10 Å². The van der Waals surface area contributed by atoms with Gasteiger partial charge in [-0.15, -0.1) is 0 Å². The number of aliphatic hydroxyl groups is 1. The zero-order valence-electron chi connectivity index (χ0n) is 26.6. The van der Waals surface area contributed by atoms with E-state index < -0.39 is 23.7 Å². The first-order valence-electron chi connectivity index (χ1n) is 14.9. The molecule has 0 fully saturated rings. The third-order valence-electron chi connectivity index (χ3n) is 7.78. The zero-order chi connectivity index (χ0) is 32.0. The van der Waals surface area contributed by atoms with Crippen LogP contribution in [0, 0.1) is 24.5 Å². The van der Waals surface area contributed by atoms with E-state index >= 15 is 0 Å². The van der Waals surface area contributed by atoms with Gasteiger partial charge in [-0.2, -0.15) is 0 Å². The number of amides is 1. The van der Waals surface area contributed by atoms with Crippen LogP contribution in [0.3, 0.4) is 0 Å². The maximum atomic E-state index is 14.1. The summed E-state index contributed by atoms with van der Waals surface area (Å²) in [5, 5.41) is 25.0. The van der Waals surface area contributed by atoms with Crippen LogP contribution in [-0.2, 0) is 17.8 Å². The fourth-order valence-corrected chi connectivity index (χ4v) is 5.73. The summed E-state index contributed by atoms with van der Waals surface area (Å²) in [6.07, 6.45) is -0.0230. The Morgan fingerprint density at radius 1 is 0.867 bits per heavy atom. The molecule has 0 saturated carbocycles. The van der Waals surface area contributed by atoms with Crippen molar-refractivity contribution in [2.45, 2.75) is 72.1 Å². The van der Waals surface area contributed by atoms with Crippen molar-refractivity contribution in [1.82, 2.24) is 9.88 Å². The van der Waals surface area contributed by atoms with Crippen LogP contribution >= 0.6 is 0 Å². The number of carbonyl (C=O) groups is 2. The topological polar surface area (TPSA) is 94.4 Å². The van der Waals surface area contributed by atoms with Gasteiger partial charge >= 0.3 is 29.6 Å². The Balaban J connectivity index is 0.00000552. The molecule has 0 spiro atoms. The van der Waals surface area contributed by atoms with Gasteiger partial charge in [0.25, 0.3) is 5.91 Å². The van der Waals surface area contributed by atoms with E-state index in [-0.39, 0.29) is 60.3 Å². The summed E-state index contributed by atoms with van der Waals surface area (Å²) in [5.74, 6) is -2.59. The minimum absolute atomic E-state index is 0. The second-order valence-corrected chi connectivity index (χ2v) is 11.8. The summed E-state index contributed by atoms with van der Waals surface area (Å²) in [5.41, 5.74) is 5.76. The number of hydrogen-bond donors (Lipinski definition) is 2. The Bertz CT molecular complexity index is 1580. The molecule has 0 aliphatic carbocycles. The average Bonchev–Trinajstić information content (AvgIpc) is 3.31. The molecule has 2 atom stereocenters. The predicted molar refractivity (Wildman–Crippen MR) is 166 cm³/mol. The van der Waals surface area contributed by atoms with Gasteiger partial charge in [0.15, 0.2) is 0 Å². The number of rotatable bonds is 13. The molecule has 2 N–H and O–H groups in total. The predicted octanol–water partition coefficient (Wildman–Crippen LogP) is 3.38. The first-order chi connectivity index (χ1) is 20.9. The second-order valence-electron chi connectivity index (χ2n) is 11.8. The molecule has 4 rings (SSSR count). The number of carboxylic acids is 1. The van der Waals surface area contributed by atoms with E-state index in [1.54, 1.807) is 31.2 Å². The van der Waals surface area contributed by atoms with E-state index in [9.17, 15) is 28.6 Å². The van der Waals surface area contributed by atoms with Crippen molar-refractivity contribution >= 4 is 11.9 Å². The van der Waals surface area contributed by atoms with Gasteiger partial charge in [0.2, 0.25) is 0 Å². The van der Waals surface area contributed by atoms with Crippen molar-refractivity contribution in [2.75, 3.05) is 0 Å². The Kier molecular flexibility index (Phi) is 13.1. The standard InChI is InChI=1S/C36H40F2N2O4.Na/c1-22(2)40-31(18-17-30(41)19-24(4)20-32(42)43)33(26-9-13-28(37)14-10-26)34(27-11-15-29(38)16-12-27)35(40)36(44)39-21-25-7-5-23(3)6-8-25;/h5-16,22,24,30,41H,17-21H2,1-4H3,(H,39,44)(H,42,43);/q;+1/p-1/t24-,30-;/m0./s1. The summed E-state index contributed by atoms with van der Waals surface area (Å²) < 4.78 is 30.1. The molecule has 6 nitrogen and oxygen atoms in total. The number of halogens is 2. The fraction of sp³-hybridized carbons (Fsp3) is 0.333. The minimum Gasteiger partial charge on any atom is -0.550 e. The quantitative estimate of drug-likeness (QED) is 0.223. The summed E-state index contributed by atoms with van der Waals surface area (Å²) in [4.78, 5) is 25.2. The van der Waals surface area contributed by atoms with E-state index in [4.69, 9.17) is 0 Å². The van der Waals surface area contributed by atoms with Crippen molar-refractivity contribution in [1.29, 1.82) is 0 Å². The van der Waals surface area contributed by atoms with Gasteiger partial charge in [-0.1, -0.05) is 61.0 Å². The molecular weight excluding hydrogens is 585 g/mol. The van der Waals surface area contributed by atoms with Crippen molar-refractivity contribution in [3.63, 3.8) is 0 Å². The monoisotopic (exact) mass is 624 g/mol. The third kappa shape index (κ3) is 9.36. The van der Waals surface area contributed by atoms with E-state index in [1.807, 2.05) is 49.6 Å². The number of carboxylic acid groups (broad SMARTS) is 1. The number of carbonyl (C=O) groups excluding carboxylic acids is 2. The molecule has 0 aliphatic heterocycles. The van der Waals surface area contributed by atoms with Gasteiger partial charge < -0.3 is 24.9 Å². The molecule has 9 heteroatoms.